The molecule has 2 aromatic rings. The largest absolute Gasteiger partial charge is 0.481 e. The van der Waals surface area contributed by atoms with Crippen LogP contribution in [-0.2, 0) is 4.79 Å². The standard InChI is InChI=1S/C20H28N4O4/c25-17(26)14-10-5-3-1-2-4-6-11-15-21-19(27)18-22-20(28)24(23-18)16-12-8-7-9-13-16/h7-9,12-13H,1-6,10-11,14-15H2,(H,21,27)(H,25,26)(H,22,23,28). The van der Waals surface area contributed by atoms with E-state index in [0.29, 0.717) is 12.2 Å². The van der Waals surface area contributed by atoms with Crippen molar-refractivity contribution in [1.29, 1.82) is 0 Å². The summed E-state index contributed by atoms with van der Waals surface area (Å²) in [5.74, 6) is -1.10. The number of carbonyl (C=O) groups excluding carboxylic acids is 1. The van der Waals surface area contributed by atoms with Crippen LogP contribution in [0.5, 0.6) is 0 Å². The molecule has 0 atom stereocenters. The molecule has 1 heterocycles. The van der Waals surface area contributed by atoms with Crippen molar-refractivity contribution in [3.63, 3.8) is 0 Å². The lowest BCUT2D eigenvalue weighted by Gasteiger charge is -2.04. The lowest BCUT2D eigenvalue weighted by molar-refractivity contribution is -0.137. The average Bonchev–Trinajstić information content (AvgIpc) is 3.08. The zero-order valence-electron chi connectivity index (χ0n) is 16.0. The minimum Gasteiger partial charge on any atom is -0.481 e. The molecule has 0 saturated carbocycles. The van der Waals surface area contributed by atoms with E-state index in [9.17, 15) is 14.4 Å². The van der Waals surface area contributed by atoms with Crippen LogP contribution in [0.3, 0.4) is 0 Å². The molecule has 8 nitrogen and oxygen atoms in total. The van der Waals surface area contributed by atoms with Crippen LogP contribution in [0.15, 0.2) is 35.1 Å². The third-order valence-electron chi connectivity index (χ3n) is 4.44. The van der Waals surface area contributed by atoms with Gasteiger partial charge in [0.2, 0.25) is 5.82 Å². The van der Waals surface area contributed by atoms with Crippen LogP contribution in [0.25, 0.3) is 5.69 Å². The van der Waals surface area contributed by atoms with Gasteiger partial charge in [0.05, 0.1) is 5.69 Å². The molecule has 0 unspecified atom stereocenters. The molecule has 1 aromatic heterocycles. The van der Waals surface area contributed by atoms with Gasteiger partial charge in [-0.2, -0.15) is 4.68 Å². The van der Waals surface area contributed by atoms with Crippen LogP contribution in [0.2, 0.25) is 0 Å². The Labute approximate surface area is 164 Å². The number of rotatable bonds is 13. The Hall–Kier alpha value is -2.90. The summed E-state index contributed by atoms with van der Waals surface area (Å²) >= 11 is 0. The van der Waals surface area contributed by atoms with Gasteiger partial charge in [0.15, 0.2) is 0 Å². The molecule has 0 aliphatic heterocycles. The number of amides is 1. The summed E-state index contributed by atoms with van der Waals surface area (Å²) in [4.78, 5) is 37.0. The first-order valence-corrected chi connectivity index (χ1v) is 9.82. The maximum absolute atomic E-state index is 12.1. The van der Waals surface area contributed by atoms with Crippen molar-refractivity contribution >= 4 is 11.9 Å². The lowest BCUT2D eigenvalue weighted by atomic mass is 10.1. The molecule has 0 bridgehead atoms. The predicted molar refractivity (Wildman–Crippen MR) is 106 cm³/mol. The van der Waals surface area contributed by atoms with E-state index in [1.165, 1.54) is 4.68 Å². The van der Waals surface area contributed by atoms with Crippen molar-refractivity contribution in [3.8, 4) is 5.69 Å². The maximum atomic E-state index is 12.1. The van der Waals surface area contributed by atoms with E-state index < -0.39 is 11.7 Å². The number of carboxylic acid groups (broad SMARTS) is 1. The minimum absolute atomic E-state index is 0.00946. The number of nitrogens with one attached hydrogen (secondary N) is 2. The van der Waals surface area contributed by atoms with Crippen molar-refractivity contribution in [2.24, 2.45) is 0 Å². The Morgan fingerprint density at radius 2 is 1.57 bits per heavy atom. The summed E-state index contributed by atoms with van der Waals surface area (Å²) in [6.07, 6.45) is 8.27. The number of hydrogen-bond acceptors (Lipinski definition) is 4. The molecule has 0 fully saturated rings. The van der Waals surface area contributed by atoms with Gasteiger partial charge < -0.3 is 10.4 Å². The van der Waals surface area contributed by atoms with Crippen LogP contribution in [0, 0.1) is 0 Å². The number of unbranched alkanes of at least 4 members (excludes halogenated alkanes) is 7. The minimum atomic E-state index is -0.724. The number of benzene rings is 1. The van der Waals surface area contributed by atoms with E-state index in [1.807, 2.05) is 6.07 Å². The average molecular weight is 388 g/mol. The van der Waals surface area contributed by atoms with Crippen LogP contribution in [0.1, 0.15) is 68.4 Å². The van der Waals surface area contributed by atoms with Gasteiger partial charge in [0.25, 0.3) is 5.91 Å². The Morgan fingerprint density at radius 1 is 0.964 bits per heavy atom. The van der Waals surface area contributed by atoms with Crippen LogP contribution < -0.4 is 11.0 Å². The highest BCUT2D eigenvalue weighted by Crippen LogP contribution is 2.09. The van der Waals surface area contributed by atoms with Crippen molar-refractivity contribution in [3.05, 3.63) is 46.6 Å². The molecule has 0 aliphatic carbocycles. The summed E-state index contributed by atoms with van der Waals surface area (Å²) in [7, 11) is 0. The molecule has 1 amide bonds. The molecule has 152 valence electrons. The molecule has 3 N–H and O–H groups in total. The molecular formula is C20H28N4O4. The number of aromatic nitrogens is 3. The Balaban J connectivity index is 1.58. The first kappa shape index (κ1) is 21.4. The van der Waals surface area contributed by atoms with Crippen LogP contribution in [-0.4, -0.2) is 38.3 Å². The number of aromatic amines is 1. The number of nitrogens with zero attached hydrogens (tertiary/aromatic N) is 2. The second kappa shape index (κ2) is 11.7. The number of H-pyrrole nitrogens is 1. The summed E-state index contributed by atoms with van der Waals surface area (Å²) in [5, 5.41) is 15.4. The van der Waals surface area contributed by atoms with E-state index in [1.54, 1.807) is 24.3 Å². The monoisotopic (exact) mass is 388 g/mol. The fraction of sp³-hybridized carbons (Fsp3) is 0.500. The Kier molecular flexibility index (Phi) is 8.97. The van der Waals surface area contributed by atoms with Gasteiger partial charge in [-0.1, -0.05) is 56.7 Å². The van der Waals surface area contributed by atoms with E-state index in [4.69, 9.17) is 5.11 Å². The van der Waals surface area contributed by atoms with Gasteiger partial charge in [-0.05, 0) is 25.0 Å². The van der Waals surface area contributed by atoms with Gasteiger partial charge in [-0.15, -0.1) is 5.10 Å². The molecule has 28 heavy (non-hydrogen) atoms. The summed E-state index contributed by atoms with van der Waals surface area (Å²) < 4.78 is 1.17. The Morgan fingerprint density at radius 3 is 2.21 bits per heavy atom. The number of carbonyl (C=O) groups is 2. The first-order valence-electron chi connectivity index (χ1n) is 9.82. The second-order valence-electron chi connectivity index (χ2n) is 6.75. The predicted octanol–water partition coefficient (Wildman–Crippen LogP) is 2.89. The van der Waals surface area contributed by atoms with Gasteiger partial charge in [-0.3, -0.25) is 14.6 Å². The third kappa shape index (κ3) is 7.38. The van der Waals surface area contributed by atoms with Crippen LogP contribution >= 0.6 is 0 Å². The smallest absolute Gasteiger partial charge is 0.348 e. The maximum Gasteiger partial charge on any atom is 0.348 e. The zero-order chi connectivity index (χ0) is 20.2. The molecule has 0 spiro atoms. The normalized spacial score (nSPS) is 10.7. The van der Waals surface area contributed by atoms with E-state index in [2.05, 4.69) is 15.4 Å². The molecule has 0 saturated heterocycles. The fourth-order valence-corrected chi connectivity index (χ4v) is 2.92. The van der Waals surface area contributed by atoms with E-state index in [0.717, 1.165) is 51.4 Å². The van der Waals surface area contributed by atoms with E-state index >= 15 is 0 Å². The second-order valence-corrected chi connectivity index (χ2v) is 6.75. The van der Waals surface area contributed by atoms with Gasteiger partial charge >= 0.3 is 11.7 Å². The zero-order valence-corrected chi connectivity index (χ0v) is 16.0. The summed E-state index contributed by atoms with van der Waals surface area (Å²) in [6, 6.07) is 8.93. The van der Waals surface area contributed by atoms with Crippen molar-refractivity contribution in [1.82, 2.24) is 20.1 Å². The first-order chi connectivity index (χ1) is 13.6. The highest BCUT2D eigenvalue weighted by Gasteiger charge is 2.13. The summed E-state index contributed by atoms with van der Waals surface area (Å²) in [5.41, 5.74) is 0.158. The highest BCUT2D eigenvalue weighted by atomic mass is 16.4. The SMILES string of the molecule is O=C(O)CCCCCCCCCCNC(=O)c1nn(-c2ccccc2)c(=O)[nH]1. The molecular weight excluding hydrogens is 360 g/mol. The highest BCUT2D eigenvalue weighted by molar-refractivity contribution is 5.90. The Bertz CT molecular complexity index is 798. The third-order valence-corrected chi connectivity index (χ3v) is 4.44. The molecule has 2 rings (SSSR count). The van der Waals surface area contributed by atoms with Crippen molar-refractivity contribution in [2.45, 2.75) is 57.8 Å². The fourth-order valence-electron chi connectivity index (χ4n) is 2.92. The molecule has 0 radical (unpaired) electrons. The van der Waals surface area contributed by atoms with E-state index in [-0.39, 0.29) is 18.2 Å². The number of hydrogen-bond donors (Lipinski definition) is 3. The lowest BCUT2D eigenvalue weighted by Crippen LogP contribution is -2.25. The topological polar surface area (TPSA) is 117 Å². The van der Waals surface area contributed by atoms with Crippen LogP contribution in [0.4, 0.5) is 0 Å². The summed E-state index contributed by atoms with van der Waals surface area (Å²) in [6.45, 7) is 0.539. The van der Waals surface area contributed by atoms with Gasteiger partial charge in [0.1, 0.15) is 0 Å². The van der Waals surface area contributed by atoms with Gasteiger partial charge in [0, 0.05) is 13.0 Å². The number of aliphatic carboxylic acids is 1. The molecule has 1 aromatic carbocycles. The van der Waals surface area contributed by atoms with Gasteiger partial charge in [-0.25, -0.2) is 4.79 Å². The molecule has 0 aliphatic rings. The number of para-hydroxylation sites is 1. The van der Waals surface area contributed by atoms with Crippen molar-refractivity contribution in [2.75, 3.05) is 6.54 Å². The molecule has 8 heteroatoms. The number of carboxylic acids is 1. The quantitative estimate of drug-likeness (QED) is 0.456. The van der Waals surface area contributed by atoms with Crippen molar-refractivity contribution < 1.29 is 14.7 Å².